The fourth-order valence-corrected chi connectivity index (χ4v) is 2.37. The number of rotatable bonds is 6. The van der Waals surface area contributed by atoms with E-state index in [0.717, 1.165) is 17.1 Å². The molecule has 0 saturated heterocycles. The largest absolute Gasteiger partial charge is 0.368 e. The Labute approximate surface area is 125 Å². The number of nitrogens with one attached hydrogen (secondary N) is 1. The Balaban J connectivity index is 2.06. The van der Waals surface area contributed by atoms with Crippen molar-refractivity contribution < 1.29 is 4.74 Å². The van der Waals surface area contributed by atoms with Gasteiger partial charge >= 0.3 is 0 Å². The molecule has 0 fully saturated rings. The lowest BCUT2D eigenvalue weighted by atomic mass is 10.1. The van der Waals surface area contributed by atoms with Crippen LogP contribution in [-0.4, -0.2) is 13.6 Å². The van der Waals surface area contributed by atoms with Gasteiger partial charge in [0, 0.05) is 11.6 Å². The summed E-state index contributed by atoms with van der Waals surface area (Å²) in [5.41, 5.74) is 3.53. The van der Waals surface area contributed by atoms with Gasteiger partial charge in [0.2, 0.25) is 0 Å². The SMILES string of the molecule is CNCC(OCc1cccc(Cl)c1)c1cccc(C)c1. The quantitative estimate of drug-likeness (QED) is 0.863. The molecule has 0 amide bonds. The van der Waals surface area contributed by atoms with Crippen LogP contribution in [0, 0.1) is 6.92 Å². The van der Waals surface area contributed by atoms with Crippen LogP contribution in [0.1, 0.15) is 22.8 Å². The summed E-state index contributed by atoms with van der Waals surface area (Å²) in [6.07, 6.45) is 0.0406. The van der Waals surface area contributed by atoms with Crippen LogP contribution in [0.2, 0.25) is 5.02 Å². The predicted molar refractivity (Wildman–Crippen MR) is 84.1 cm³/mol. The number of aryl methyl sites for hydroxylation is 1. The lowest BCUT2D eigenvalue weighted by Crippen LogP contribution is -2.19. The Hall–Kier alpha value is -1.35. The highest BCUT2D eigenvalue weighted by atomic mass is 35.5. The number of hydrogen-bond acceptors (Lipinski definition) is 2. The molecule has 0 aliphatic carbocycles. The third-order valence-corrected chi connectivity index (χ3v) is 3.38. The molecule has 0 aliphatic heterocycles. The van der Waals surface area contributed by atoms with Crippen LogP contribution in [0.15, 0.2) is 48.5 Å². The van der Waals surface area contributed by atoms with Crippen molar-refractivity contribution in [3.8, 4) is 0 Å². The zero-order valence-corrected chi connectivity index (χ0v) is 12.7. The van der Waals surface area contributed by atoms with Crippen molar-refractivity contribution in [2.45, 2.75) is 19.6 Å². The van der Waals surface area contributed by atoms with E-state index in [4.69, 9.17) is 16.3 Å². The maximum absolute atomic E-state index is 6.04. The molecule has 20 heavy (non-hydrogen) atoms. The summed E-state index contributed by atoms with van der Waals surface area (Å²) in [5, 5.41) is 3.92. The van der Waals surface area contributed by atoms with E-state index in [1.54, 1.807) is 0 Å². The van der Waals surface area contributed by atoms with Gasteiger partial charge in [-0.2, -0.15) is 0 Å². The van der Waals surface area contributed by atoms with E-state index in [0.29, 0.717) is 6.61 Å². The molecule has 0 saturated carbocycles. The number of benzene rings is 2. The van der Waals surface area contributed by atoms with Gasteiger partial charge in [-0.25, -0.2) is 0 Å². The van der Waals surface area contributed by atoms with Crippen molar-refractivity contribution in [2.24, 2.45) is 0 Å². The van der Waals surface area contributed by atoms with Gasteiger partial charge in [-0.15, -0.1) is 0 Å². The molecule has 2 nitrogen and oxygen atoms in total. The van der Waals surface area contributed by atoms with E-state index in [1.165, 1.54) is 11.1 Å². The summed E-state index contributed by atoms with van der Waals surface area (Å²) in [7, 11) is 1.94. The minimum Gasteiger partial charge on any atom is -0.368 e. The molecule has 2 aromatic rings. The number of ether oxygens (including phenoxy) is 1. The first kappa shape index (κ1) is 15.0. The standard InChI is InChI=1S/C17H20ClNO/c1-13-5-3-7-15(9-13)17(11-19-2)20-12-14-6-4-8-16(18)10-14/h3-10,17,19H,11-12H2,1-2H3. The summed E-state index contributed by atoms with van der Waals surface area (Å²) in [5.74, 6) is 0. The van der Waals surface area contributed by atoms with Gasteiger partial charge in [0.05, 0.1) is 12.7 Å². The Bertz CT molecular complexity index is 556. The Kier molecular flexibility index (Phi) is 5.60. The molecule has 1 N–H and O–H groups in total. The first-order chi connectivity index (χ1) is 9.69. The van der Waals surface area contributed by atoms with Crippen LogP contribution < -0.4 is 5.32 Å². The topological polar surface area (TPSA) is 21.3 Å². The van der Waals surface area contributed by atoms with Crippen LogP contribution in [0.4, 0.5) is 0 Å². The van der Waals surface area contributed by atoms with Gasteiger partial charge in [-0.05, 0) is 37.2 Å². The number of halogens is 1. The van der Waals surface area contributed by atoms with Crippen molar-refractivity contribution in [1.82, 2.24) is 5.32 Å². The van der Waals surface area contributed by atoms with E-state index in [-0.39, 0.29) is 6.10 Å². The second-order valence-corrected chi connectivity index (χ2v) is 5.34. The predicted octanol–water partition coefficient (Wildman–Crippen LogP) is 4.13. The van der Waals surface area contributed by atoms with Gasteiger partial charge < -0.3 is 10.1 Å². The first-order valence-electron chi connectivity index (χ1n) is 6.76. The first-order valence-corrected chi connectivity index (χ1v) is 7.14. The zero-order valence-electron chi connectivity index (χ0n) is 11.9. The van der Waals surface area contributed by atoms with Crippen molar-refractivity contribution in [2.75, 3.05) is 13.6 Å². The van der Waals surface area contributed by atoms with Gasteiger partial charge in [-0.1, -0.05) is 53.6 Å². The van der Waals surface area contributed by atoms with E-state index < -0.39 is 0 Å². The average Bonchev–Trinajstić information content (AvgIpc) is 2.43. The second-order valence-electron chi connectivity index (χ2n) is 4.90. The molecule has 0 aromatic heterocycles. The smallest absolute Gasteiger partial charge is 0.0953 e. The highest BCUT2D eigenvalue weighted by Gasteiger charge is 2.11. The molecule has 1 unspecified atom stereocenters. The monoisotopic (exact) mass is 289 g/mol. The average molecular weight is 290 g/mol. The normalized spacial score (nSPS) is 12.3. The summed E-state index contributed by atoms with van der Waals surface area (Å²) in [4.78, 5) is 0. The van der Waals surface area contributed by atoms with E-state index in [2.05, 4.69) is 36.5 Å². The molecule has 0 bridgehead atoms. The fourth-order valence-electron chi connectivity index (χ4n) is 2.15. The molecule has 2 rings (SSSR count). The van der Waals surface area contributed by atoms with Crippen molar-refractivity contribution in [3.05, 3.63) is 70.2 Å². The van der Waals surface area contributed by atoms with Crippen molar-refractivity contribution in [3.63, 3.8) is 0 Å². The summed E-state index contributed by atoms with van der Waals surface area (Å²) in [6, 6.07) is 16.2. The third kappa shape index (κ3) is 4.34. The third-order valence-electron chi connectivity index (χ3n) is 3.14. The Morgan fingerprint density at radius 1 is 1.15 bits per heavy atom. The van der Waals surface area contributed by atoms with Crippen LogP contribution in [0.5, 0.6) is 0 Å². The van der Waals surface area contributed by atoms with Crippen LogP contribution in [0.25, 0.3) is 0 Å². The van der Waals surface area contributed by atoms with Crippen molar-refractivity contribution in [1.29, 1.82) is 0 Å². The maximum atomic E-state index is 6.04. The molecule has 0 radical (unpaired) electrons. The zero-order chi connectivity index (χ0) is 14.4. The Morgan fingerprint density at radius 2 is 1.95 bits per heavy atom. The molecule has 0 aliphatic rings. The molecule has 106 valence electrons. The molecule has 1 atom stereocenters. The lowest BCUT2D eigenvalue weighted by molar-refractivity contribution is 0.0410. The summed E-state index contributed by atoms with van der Waals surface area (Å²) < 4.78 is 6.04. The van der Waals surface area contributed by atoms with E-state index >= 15 is 0 Å². The molecule has 2 aromatic carbocycles. The molecular weight excluding hydrogens is 270 g/mol. The van der Waals surface area contributed by atoms with E-state index in [9.17, 15) is 0 Å². The van der Waals surface area contributed by atoms with Gasteiger partial charge in [0.1, 0.15) is 0 Å². The fraction of sp³-hybridized carbons (Fsp3) is 0.294. The highest BCUT2D eigenvalue weighted by molar-refractivity contribution is 6.30. The van der Waals surface area contributed by atoms with Gasteiger partial charge in [0.15, 0.2) is 0 Å². The number of hydrogen-bond donors (Lipinski definition) is 1. The maximum Gasteiger partial charge on any atom is 0.0953 e. The van der Waals surface area contributed by atoms with Crippen LogP contribution in [0.3, 0.4) is 0 Å². The summed E-state index contributed by atoms with van der Waals surface area (Å²) in [6.45, 7) is 3.43. The molecule has 3 heteroatoms. The minimum atomic E-state index is 0.0406. The molecular formula is C17H20ClNO. The van der Waals surface area contributed by atoms with E-state index in [1.807, 2.05) is 31.3 Å². The van der Waals surface area contributed by atoms with Crippen molar-refractivity contribution >= 4 is 11.6 Å². The van der Waals surface area contributed by atoms with Gasteiger partial charge in [0.25, 0.3) is 0 Å². The molecule has 0 spiro atoms. The minimum absolute atomic E-state index is 0.0406. The lowest BCUT2D eigenvalue weighted by Gasteiger charge is -2.18. The second kappa shape index (κ2) is 7.44. The van der Waals surface area contributed by atoms with Crippen LogP contribution >= 0.6 is 11.6 Å². The summed E-state index contributed by atoms with van der Waals surface area (Å²) >= 11 is 5.99. The molecule has 0 heterocycles. The van der Waals surface area contributed by atoms with Gasteiger partial charge in [-0.3, -0.25) is 0 Å². The highest BCUT2D eigenvalue weighted by Crippen LogP contribution is 2.20. The Morgan fingerprint density at radius 3 is 2.65 bits per heavy atom. The van der Waals surface area contributed by atoms with Crippen LogP contribution in [-0.2, 0) is 11.3 Å². The number of likely N-dealkylation sites (N-methyl/N-ethyl adjacent to an activating group) is 1.